The van der Waals surface area contributed by atoms with Crippen LogP contribution in [0, 0.1) is 0 Å². The van der Waals surface area contributed by atoms with Crippen molar-refractivity contribution in [2.24, 2.45) is 0 Å². The number of hydrogen-bond donors (Lipinski definition) is 1. The number of nitrogens with one attached hydrogen (secondary N) is 1. The van der Waals surface area contributed by atoms with E-state index in [0.717, 1.165) is 12.1 Å². The predicted octanol–water partition coefficient (Wildman–Crippen LogP) is 4.01. The van der Waals surface area contributed by atoms with E-state index in [4.69, 9.17) is 0 Å². The van der Waals surface area contributed by atoms with Crippen molar-refractivity contribution in [1.29, 1.82) is 0 Å². The molecule has 3 aromatic rings. The highest BCUT2D eigenvalue weighted by Gasteiger charge is 2.30. The van der Waals surface area contributed by atoms with Crippen LogP contribution in [-0.2, 0) is 17.5 Å². The van der Waals surface area contributed by atoms with Gasteiger partial charge in [-0.05, 0) is 43.2 Å². The molecule has 1 heterocycles. The second kappa shape index (κ2) is 8.85. The van der Waals surface area contributed by atoms with Crippen LogP contribution in [0.3, 0.4) is 0 Å². The van der Waals surface area contributed by atoms with E-state index in [0.29, 0.717) is 36.7 Å². The van der Waals surface area contributed by atoms with Crippen molar-refractivity contribution in [2.45, 2.75) is 38.4 Å². The van der Waals surface area contributed by atoms with Gasteiger partial charge < -0.3 is 5.32 Å². The molecule has 0 aliphatic rings. The van der Waals surface area contributed by atoms with Gasteiger partial charge in [-0.2, -0.15) is 13.2 Å². The Bertz CT molecular complexity index is 1060. The minimum Gasteiger partial charge on any atom is -0.326 e. The highest BCUT2D eigenvalue weighted by molar-refractivity contribution is 5.90. The van der Waals surface area contributed by atoms with Gasteiger partial charge in [0, 0.05) is 18.7 Å². The summed E-state index contributed by atoms with van der Waals surface area (Å²) in [4.78, 5) is 24.3. The number of halogens is 3. The van der Waals surface area contributed by atoms with E-state index in [9.17, 15) is 22.8 Å². The number of aromatic nitrogens is 3. The SMILES string of the molecule is O=C(CCCCCn1nnc2ccccc2c1=O)Nc1cccc(C(F)(F)F)c1. The molecule has 0 saturated heterocycles. The maximum Gasteiger partial charge on any atom is 0.416 e. The monoisotopic (exact) mass is 404 g/mol. The maximum atomic E-state index is 12.7. The Morgan fingerprint density at radius 2 is 1.83 bits per heavy atom. The van der Waals surface area contributed by atoms with Crippen LogP contribution in [0.5, 0.6) is 0 Å². The summed E-state index contributed by atoms with van der Waals surface area (Å²) in [5, 5.41) is 10.9. The maximum absolute atomic E-state index is 12.7. The molecule has 0 aliphatic carbocycles. The van der Waals surface area contributed by atoms with Gasteiger partial charge in [-0.25, -0.2) is 4.68 Å². The number of carbonyl (C=O) groups is 1. The van der Waals surface area contributed by atoms with E-state index >= 15 is 0 Å². The van der Waals surface area contributed by atoms with Crippen LogP contribution in [0.15, 0.2) is 53.3 Å². The third-order valence-corrected chi connectivity index (χ3v) is 4.38. The number of aryl methyl sites for hydroxylation is 1. The van der Waals surface area contributed by atoms with Gasteiger partial charge in [0.15, 0.2) is 0 Å². The molecule has 0 bridgehead atoms. The van der Waals surface area contributed by atoms with Crippen LogP contribution in [0.4, 0.5) is 18.9 Å². The summed E-state index contributed by atoms with van der Waals surface area (Å²) in [6.45, 7) is 0.381. The number of hydrogen-bond acceptors (Lipinski definition) is 4. The fraction of sp³-hybridized carbons (Fsp3) is 0.300. The molecular formula is C20H19F3N4O2. The molecular weight excluding hydrogens is 385 g/mol. The van der Waals surface area contributed by atoms with Crippen LogP contribution in [0.25, 0.3) is 10.9 Å². The molecule has 6 nitrogen and oxygen atoms in total. The minimum absolute atomic E-state index is 0.114. The number of carbonyl (C=O) groups excluding carboxylic acids is 1. The third-order valence-electron chi connectivity index (χ3n) is 4.38. The minimum atomic E-state index is -4.45. The highest BCUT2D eigenvalue weighted by Crippen LogP contribution is 2.30. The average Bonchev–Trinajstić information content (AvgIpc) is 2.69. The van der Waals surface area contributed by atoms with E-state index in [2.05, 4.69) is 15.6 Å². The molecule has 152 valence electrons. The fourth-order valence-corrected chi connectivity index (χ4v) is 2.89. The number of amides is 1. The smallest absolute Gasteiger partial charge is 0.326 e. The van der Waals surface area contributed by atoms with Gasteiger partial charge in [0.05, 0.1) is 10.9 Å². The Morgan fingerprint density at radius 3 is 2.62 bits per heavy atom. The normalized spacial score (nSPS) is 11.6. The number of rotatable bonds is 7. The highest BCUT2D eigenvalue weighted by atomic mass is 19.4. The summed E-state index contributed by atoms with van der Waals surface area (Å²) in [6.07, 6.45) is -2.44. The van der Waals surface area contributed by atoms with Crippen molar-refractivity contribution in [2.75, 3.05) is 5.32 Å². The van der Waals surface area contributed by atoms with Crippen molar-refractivity contribution in [3.8, 4) is 0 Å². The van der Waals surface area contributed by atoms with Crippen molar-refractivity contribution in [1.82, 2.24) is 15.0 Å². The number of fused-ring (bicyclic) bond motifs is 1. The Balaban J connectivity index is 1.45. The molecule has 3 rings (SSSR count). The zero-order chi connectivity index (χ0) is 20.9. The Kier molecular flexibility index (Phi) is 6.26. The summed E-state index contributed by atoms with van der Waals surface area (Å²) < 4.78 is 39.4. The van der Waals surface area contributed by atoms with Gasteiger partial charge in [0.1, 0.15) is 5.52 Å². The first-order valence-electron chi connectivity index (χ1n) is 9.14. The zero-order valence-electron chi connectivity index (χ0n) is 15.4. The van der Waals surface area contributed by atoms with Gasteiger partial charge in [0.25, 0.3) is 5.56 Å². The zero-order valence-corrected chi connectivity index (χ0v) is 15.4. The van der Waals surface area contributed by atoms with Crippen LogP contribution in [-0.4, -0.2) is 20.9 Å². The van der Waals surface area contributed by atoms with E-state index in [1.807, 2.05) is 0 Å². The summed E-state index contributed by atoms with van der Waals surface area (Å²) in [5.74, 6) is -0.355. The molecule has 1 aromatic heterocycles. The van der Waals surface area contributed by atoms with Crippen molar-refractivity contribution >= 4 is 22.5 Å². The summed E-state index contributed by atoms with van der Waals surface area (Å²) in [7, 11) is 0. The lowest BCUT2D eigenvalue weighted by Gasteiger charge is -2.10. The molecule has 0 radical (unpaired) electrons. The summed E-state index contributed by atoms with van der Waals surface area (Å²) in [6, 6.07) is 11.5. The first-order chi connectivity index (χ1) is 13.8. The molecule has 0 aliphatic heterocycles. The lowest BCUT2D eigenvalue weighted by molar-refractivity contribution is -0.137. The Hall–Kier alpha value is -3.23. The molecule has 0 fully saturated rings. The van der Waals surface area contributed by atoms with E-state index in [1.54, 1.807) is 24.3 Å². The van der Waals surface area contributed by atoms with Crippen LogP contribution in [0.1, 0.15) is 31.2 Å². The molecule has 29 heavy (non-hydrogen) atoms. The first kappa shape index (κ1) is 20.5. The number of unbranched alkanes of at least 4 members (excludes halogenated alkanes) is 2. The van der Waals surface area contributed by atoms with Crippen molar-refractivity contribution < 1.29 is 18.0 Å². The predicted molar refractivity (Wildman–Crippen MR) is 102 cm³/mol. The molecule has 1 N–H and O–H groups in total. The largest absolute Gasteiger partial charge is 0.416 e. The topological polar surface area (TPSA) is 76.9 Å². The van der Waals surface area contributed by atoms with E-state index in [1.165, 1.54) is 16.8 Å². The Morgan fingerprint density at radius 1 is 1.03 bits per heavy atom. The third kappa shape index (κ3) is 5.40. The lowest BCUT2D eigenvalue weighted by atomic mass is 10.1. The van der Waals surface area contributed by atoms with Crippen LogP contribution >= 0.6 is 0 Å². The van der Waals surface area contributed by atoms with Gasteiger partial charge in [-0.1, -0.05) is 29.8 Å². The molecule has 9 heteroatoms. The van der Waals surface area contributed by atoms with Gasteiger partial charge >= 0.3 is 6.18 Å². The van der Waals surface area contributed by atoms with E-state index < -0.39 is 11.7 Å². The van der Waals surface area contributed by atoms with Gasteiger partial charge in [-0.15, -0.1) is 5.10 Å². The molecule has 0 atom stereocenters. The molecule has 0 saturated carbocycles. The average molecular weight is 404 g/mol. The molecule has 2 aromatic carbocycles. The number of benzene rings is 2. The fourth-order valence-electron chi connectivity index (χ4n) is 2.89. The van der Waals surface area contributed by atoms with Crippen LogP contribution in [0.2, 0.25) is 0 Å². The lowest BCUT2D eigenvalue weighted by Crippen LogP contribution is -2.24. The van der Waals surface area contributed by atoms with Gasteiger partial charge in [0.2, 0.25) is 5.91 Å². The van der Waals surface area contributed by atoms with Crippen LogP contribution < -0.4 is 10.9 Å². The second-order valence-corrected chi connectivity index (χ2v) is 6.57. The van der Waals surface area contributed by atoms with Gasteiger partial charge in [-0.3, -0.25) is 9.59 Å². The molecule has 0 spiro atoms. The molecule has 0 unspecified atom stereocenters. The summed E-state index contributed by atoms with van der Waals surface area (Å²) >= 11 is 0. The van der Waals surface area contributed by atoms with Crippen molar-refractivity contribution in [3.63, 3.8) is 0 Å². The first-order valence-corrected chi connectivity index (χ1v) is 9.14. The standard InChI is InChI=1S/C20H19F3N4O2/c21-20(22,23)14-7-6-8-15(13-14)24-18(28)11-2-1-5-12-27-19(29)16-9-3-4-10-17(16)25-26-27/h3-4,6-10,13H,1-2,5,11-12H2,(H,24,28). The number of anilines is 1. The summed E-state index contributed by atoms with van der Waals surface area (Å²) in [5.41, 5.74) is -0.363. The van der Waals surface area contributed by atoms with E-state index in [-0.39, 0.29) is 23.6 Å². The number of nitrogens with zero attached hydrogens (tertiary/aromatic N) is 3. The quantitative estimate of drug-likeness (QED) is 0.604. The van der Waals surface area contributed by atoms with Crippen molar-refractivity contribution in [3.05, 3.63) is 64.4 Å². The Labute approximate surface area is 164 Å². The molecule has 1 amide bonds. The number of alkyl halides is 3. The second-order valence-electron chi connectivity index (χ2n) is 6.57.